The van der Waals surface area contributed by atoms with Gasteiger partial charge in [-0.05, 0) is 37.1 Å². The summed E-state index contributed by atoms with van der Waals surface area (Å²) in [4.78, 5) is 27.2. The minimum atomic E-state index is -0.0826. The van der Waals surface area contributed by atoms with Crippen LogP contribution in [0.2, 0.25) is 0 Å². The predicted octanol–water partition coefficient (Wildman–Crippen LogP) is 2.65. The average molecular weight is 306 g/mol. The van der Waals surface area contributed by atoms with E-state index < -0.39 is 0 Å². The maximum atomic E-state index is 12.8. The molecule has 0 fully saturated rings. The summed E-state index contributed by atoms with van der Waals surface area (Å²) in [7, 11) is 1.80. The first-order valence-electron chi connectivity index (χ1n) is 7.53. The van der Waals surface area contributed by atoms with Gasteiger partial charge in [-0.25, -0.2) is 9.97 Å². The van der Waals surface area contributed by atoms with Gasteiger partial charge in [-0.2, -0.15) is 0 Å². The summed E-state index contributed by atoms with van der Waals surface area (Å²) in [6.45, 7) is 2.43. The number of amides is 1. The number of hydrogen-bond acceptors (Lipinski definition) is 4. The summed E-state index contributed by atoms with van der Waals surface area (Å²) in [6.07, 6.45) is 4.31. The summed E-state index contributed by atoms with van der Waals surface area (Å²) in [6, 6.07) is 11.5. The highest BCUT2D eigenvalue weighted by molar-refractivity contribution is 6.04. The Kier molecular flexibility index (Phi) is 4.28. The molecule has 0 saturated heterocycles. The second kappa shape index (κ2) is 6.52. The molecular weight excluding hydrogens is 288 g/mol. The lowest BCUT2D eigenvalue weighted by Gasteiger charge is -2.17. The molecule has 0 aliphatic heterocycles. The second-order valence-corrected chi connectivity index (χ2v) is 5.47. The van der Waals surface area contributed by atoms with Crippen LogP contribution in [0, 0.1) is 6.92 Å². The van der Waals surface area contributed by atoms with Crippen molar-refractivity contribution in [1.82, 2.24) is 19.9 Å². The van der Waals surface area contributed by atoms with E-state index in [1.54, 1.807) is 31.3 Å². The van der Waals surface area contributed by atoms with Crippen molar-refractivity contribution in [2.45, 2.75) is 13.3 Å². The molecule has 116 valence electrons. The zero-order chi connectivity index (χ0) is 16.2. The Morgan fingerprint density at radius 2 is 1.83 bits per heavy atom. The number of benzene rings is 1. The Morgan fingerprint density at radius 3 is 2.61 bits per heavy atom. The molecule has 0 aliphatic rings. The Labute approximate surface area is 135 Å². The van der Waals surface area contributed by atoms with Gasteiger partial charge < -0.3 is 4.90 Å². The van der Waals surface area contributed by atoms with Crippen LogP contribution in [0.5, 0.6) is 0 Å². The fourth-order valence-electron chi connectivity index (χ4n) is 2.48. The molecule has 0 atom stereocenters. The lowest BCUT2D eigenvalue weighted by atomic mass is 10.1. The second-order valence-electron chi connectivity index (χ2n) is 5.47. The van der Waals surface area contributed by atoms with Crippen LogP contribution in [0.4, 0.5) is 0 Å². The Balaban J connectivity index is 1.82. The van der Waals surface area contributed by atoms with Crippen LogP contribution in [0.3, 0.4) is 0 Å². The van der Waals surface area contributed by atoms with Gasteiger partial charge in [0, 0.05) is 31.4 Å². The summed E-state index contributed by atoms with van der Waals surface area (Å²) in [5.74, 6) is 0.523. The largest absolute Gasteiger partial charge is 0.340 e. The maximum Gasteiger partial charge on any atom is 0.272 e. The van der Waals surface area contributed by atoms with Crippen molar-refractivity contribution in [3.05, 3.63) is 65.9 Å². The van der Waals surface area contributed by atoms with E-state index in [2.05, 4.69) is 15.0 Å². The number of carbonyl (C=O) groups excluding carboxylic acids is 1. The number of rotatable bonds is 4. The van der Waals surface area contributed by atoms with Crippen molar-refractivity contribution >= 4 is 16.8 Å². The highest BCUT2D eigenvalue weighted by Gasteiger charge is 2.17. The average Bonchev–Trinajstić information content (AvgIpc) is 2.59. The van der Waals surface area contributed by atoms with Crippen LogP contribution in [0.25, 0.3) is 10.9 Å². The molecule has 0 N–H and O–H groups in total. The highest BCUT2D eigenvalue weighted by Crippen LogP contribution is 2.17. The number of hydrogen-bond donors (Lipinski definition) is 0. The number of carbonyl (C=O) groups is 1. The summed E-state index contributed by atoms with van der Waals surface area (Å²) in [5.41, 5.74) is 2.42. The van der Waals surface area contributed by atoms with Crippen LogP contribution in [-0.2, 0) is 6.42 Å². The van der Waals surface area contributed by atoms with E-state index in [-0.39, 0.29) is 5.91 Å². The van der Waals surface area contributed by atoms with Crippen LogP contribution >= 0.6 is 0 Å². The van der Waals surface area contributed by atoms with E-state index >= 15 is 0 Å². The number of aromatic nitrogens is 3. The molecule has 0 radical (unpaired) electrons. The third-order valence-corrected chi connectivity index (χ3v) is 3.75. The lowest BCUT2D eigenvalue weighted by Crippen LogP contribution is -2.30. The van der Waals surface area contributed by atoms with Crippen LogP contribution < -0.4 is 0 Å². The monoisotopic (exact) mass is 306 g/mol. The first-order chi connectivity index (χ1) is 11.1. The fraction of sp³-hybridized carbons (Fsp3) is 0.222. The van der Waals surface area contributed by atoms with Gasteiger partial charge in [-0.1, -0.05) is 18.2 Å². The third kappa shape index (κ3) is 3.34. The number of nitrogens with zero attached hydrogens (tertiary/aromatic N) is 4. The smallest absolute Gasteiger partial charge is 0.272 e. The van der Waals surface area contributed by atoms with Gasteiger partial charge in [0.15, 0.2) is 0 Å². The van der Waals surface area contributed by atoms with E-state index in [1.165, 1.54) is 0 Å². The molecule has 1 aromatic carbocycles. The van der Waals surface area contributed by atoms with E-state index in [9.17, 15) is 4.79 Å². The molecule has 0 aliphatic carbocycles. The molecule has 3 rings (SSSR count). The molecule has 3 aromatic rings. The van der Waals surface area contributed by atoms with E-state index in [4.69, 9.17) is 0 Å². The SMILES string of the molecule is Cc1nc(C(=O)N(C)CCc2ccncc2)c2ccccc2n1. The van der Waals surface area contributed by atoms with E-state index in [0.29, 0.717) is 18.1 Å². The molecule has 2 heterocycles. The molecule has 5 heteroatoms. The fourth-order valence-corrected chi connectivity index (χ4v) is 2.48. The minimum Gasteiger partial charge on any atom is -0.340 e. The lowest BCUT2D eigenvalue weighted by molar-refractivity contribution is 0.0792. The molecule has 23 heavy (non-hydrogen) atoms. The molecule has 0 spiro atoms. The van der Waals surface area contributed by atoms with Crippen LogP contribution in [0.1, 0.15) is 21.9 Å². The molecule has 0 saturated carbocycles. The topological polar surface area (TPSA) is 59.0 Å². The molecule has 0 bridgehead atoms. The molecule has 2 aromatic heterocycles. The number of likely N-dealkylation sites (N-methyl/N-ethyl adjacent to an activating group) is 1. The highest BCUT2D eigenvalue weighted by atomic mass is 16.2. The van der Waals surface area contributed by atoms with Crippen LogP contribution in [-0.4, -0.2) is 39.4 Å². The zero-order valence-corrected chi connectivity index (χ0v) is 13.2. The molecule has 5 nitrogen and oxygen atoms in total. The van der Waals surface area contributed by atoms with Crippen molar-refractivity contribution in [3.63, 3.8) is 0 Å². The molecular formula is C18H18N4O. The van der Waals surface area contributed by atoms with Gasteiger partial charge in [-0.15, -0.1) is 0 Å². The Bertz CT molecular complexity index is 833. The third-order valence-electron chi connectivity index (χ3n) is 3.75. The van der Waals surface area contributed by atoms with Crippen molar-refractivity contribution in [2.75, 3.05) is 13.6 Å². The summed E-state index contributed by atoms with van der Waals surface area (Å²) < 4.78 is 0. The number of fused-ring (bicyclic) bond motifs is 1. The summed E-state index contributed by atoms with van der Waals surface area (Å²) >= 11 is 0. The quantitative estimate of drug-likeness (QED) is 0.743. The normalized spacial score (nSPS) is 10.7. The van der Waals surface area contributed by atoms with Crippen LogP contribution in [0.15, 0.2) is 48.8 Å². The van der Waals surface area contributed by atoms with Crippen molar-refractivity contribution in [1.29, 1.82) is 0 Å². The number of pyridine rings is 1. The van der Waals surface area contributed by atoms with Gasteiger partial charge in [0.2, 0.25) is 0 Å². The molecule has 1 amide bonds. The van der Waals surface area contributed by atoms with E-state index in [1.807, 2.05) is 36.4 Å². The van der Waals surface area contributed by atoms with Gasteiger partial charge in [0.05, 0.1) is 5.52 Å². The van der Waals surface area contributed by atoms with Gasteiger partial charge >= 0.3 is 0 Å². The Morgan fingerprint density at radius 1 is 1.09 bits per heavy atom. The first-order valence-corrected chi connectivity index (χ1v) is 7.53. The van der Waals surface area contributed by atoms with Gasteiger partial charge in [0.25, 0.3) is 5.91 Å². The van der Waals surface area contributed by atoms with Gasteiger partial charge in [0.1, 0.15) is 11.5 Å². The van der Waals surface area contributed by atoms with Gasteiger partial charge in [-0.3, -0.25) is 9.78 Å². The maximum absolute atomic E-state index is 12.8. The summed E-state index contributed by atoms with van der Waals surface area (Å²) in [5, 5.41) is 0.791. The van der Waals surface area contributed by atoms with Crippen molar-refractivity contribution < 1.29 is 4.79 Å². The first kappa shape index (κ1) is 15.1. The Hall–Kier alpha value is -2.82. The van der Waals surface area contributed by atoms with E-state index in [0.717, 1.165) is 22.9 Å². The van der Waals surface area contributed by atoms with Crippen molar-refractivity contribution in [2.24, 2.45) is 0 Å². The molecule has 0 unspecified atom stereocenters. The minimum absolute atomic E-state index is 0.0826. The number of aryl methyl sites for hydroxylation is 1. The standard InChI is InChI=1S/C18H18N4O/c1-13-20-16-6-4-3-5-15(16)17(21-13)18(23)22(2)12-9-14-7-10-19-11-8-14/h3-8,10-11H,9,12H2,1-2H3. The predicted molar refractivity (Wildman–Crippen MR) is 89.2 cm³/mol. The van der Waals surface area contributed by atoms with Crippen molar-refractivity contribution in [3.8, 4) is 0 Å². The number of para-hydroxylation sites is 1. The zero-order valence-electron chi connectivity index (χ0n) is 13.2.